The molecule has 4 rings (SSSR count). The van der Waals surface area contributed by atoms with Crippen molar-refractivity contribution >= 4 is 28.9 Å². The second-order valence-electron chi connectivity index (χ2n) is 7.75. The van der Waals surface area contributed by atoms with Gasteiger partial charge in [-0.2, -0.15) is 5.26 Å². The van der Waals surface area contributed by atoms with E-state index >= 15 is 0 Å². The van der Waals surface area contributed by atoms with Crippen LogP contribution in [0.1, 0.15) is 30.5 Å². The van der Waals surface area contributed by atoms with Gasteiger partial charge in [0.15, 0.2) is 6.19 Å². The molecule has 0 aliphatic carbocycles. The van der Waals surface area contributed by atoms with Crippen molar-refractivity contribution in [3.63, 3.8) is 0 Å². The number of nitrogens with one attached hydrogen (secondary N) is 1. The summed E-state index contributed by atoms with van der Waals surface area (Å²) in [5.41, 5.74) is 2.63. The molecule has 8 nitrogen and oxygen atoms in total. The summed E-state index contributed by atoms with van der Waals surface area (Å²) in [6.45, 7) is 2.62. The van der Waals surface area contributed by atoms with Crippen molar-refractivity contribution in [2.75, 3.05) is 31.6 Å². The molecule has 2 aromatic heterocycles. The van der Waals surface area contributed by atoms with Crippen molar-refractivity contribution in [2.24, 2.45) is 0 Å². The molecular formula is C23H24ClN5O3. The third-order valence-electron chi connectivity index (χ3n) is 5.36. The minimum atomic E-state index is -0.209. The van der Waals surface area contributed by atoms with Gasteiger partial charge in [-0.15, -0.1) is 0 Å². The summed E-state index contributed by atoms with van der Waals surface area (Å²) in [6.07, 6.45) is 10.1. The van der Waals surface area contributed by atoms with Crippen LogP contribution in [0.15, 0.2) is 36.7 Å². The molecule has 1 N–H and O–H groups in total. The van der Waals surface area contributed by atoms with Gasteiger partial charge >= 0.3 is 0 Å². The Kier molecular flexibility index (Phi) is 7.20. The number of aromatic nitrogens is 2. The Morgan fingerprint density at radius 2 is 2.16 bits per heavy atom. The Morgan fingerprint density at radius 1 is 1.31 bits per heavy atom. The topological polar surface area (TPSA) is 100 Å². The van der Waals surface area contributed by atoms with Crippen LogP contribution in [0, 0.1) is 11.5 Å². The number of pyridine rings is 2. The zero-order chi connectivity index (χ0) is 22.3. The molecule has 2 aliphatic heterocycles. The summed E-state index contributed by atoms with van der Waals surface area (Å²) in [7, 11) is 0. The SMILES string of the molecule is N#CN1CCC=C(c2ccc(CC(=O)Nc3cc(OC4CCOCC4)c(Cl)cn3)cn2)C1. The van der Waals surface area contributed by atoms with Crippen molar-refractivity contribution < 1.29 is 14.3 Å². The number of amides is 1. The van der Waals surface area contributed by atoms with Gasteiger partial charge in [0.05, 0.1) is 38.1 Å². The third kappa shape index (κ3) is 5.75. The van der Waals surface area contributed by atoms with Gasteiger partial charge in [-0.3, -0.25) is 9.78 Å². The molecule has 1 saturated heterocycles. The normalized spacial score (nSPS) is 16.8. The lowest BCUT2D eigenvalue weighted by atomic mass is 10.1. The molecule has 0 unspecified atom stereocenters. The summed E-state index contributed by atoms with van der Waals surface area (Å²) in [5, 5.41) is 12.3. The second-order valence-corrected chi connectivity index (χ2v) is 8.15. The molecule has 0 bridgehead atoms. The van der Waals surface area contributed by atoms with E-state index in [1.807, 2.05) is 12.1 Å². The Balaban J connectivity index is 1.35. The molecule has 2 aromatic rings. The summed E-state index contributed by atoms with van der Waals surface area (Å²) in [6, 6.07) is 5.41. The number of anilines is 1. The van der Waals surface area contributed by atoms with Crippen LogP contribution in [0.5, 0.6) is 5.75 Å². The van der Waals surface area contributed by atoms with E-state index in [0.29, 0.717) is 36.3 Å². The van der Waals surface area contributed by atoms with Crippen molar-refractivity contribution in [3.05, 3.63) is 52.9 Å². The monoisotopic (exact) mass is 453 g/mol. The van der Waals surface area contributed by atoms with Gasteiger partial charge in [0.2, 0.25) is 5.91 Å². The van der Waals surface area contributed by atoms with E-state index in [0.717, 1.165) is 42.6 Å². The number of hydrogen-bond donors (Lipinski definition) is 1. The number of carbonyl (C=O) groups is 1. The van der Waals surface area contributed by atoms with Gasteiger partial charge in [0.25, 0.3) is 0 Å². The predicted octanol–water partition coefficient (Wildman–Crippen LogP) is 3.44. The van der Waals surface area contributed by atoms with Gasteiger partial charge in [-0.25, -0.2) is 4.98 Å². The second kappa shape index (κ2) is 10.4. The number of halogens is 1. The highest BCUT2D eigenvalue weighted by Gasteiger charge is 2.18. The van der Waals surface area contributed by atoms with Crippen LogP contribution in [0.2, 0.25) is 5.02 Å². The third-order valence-corrected chi connectivity index (χ3v) is 5.64. The lowest BCUT2D eigenvalue weighted by Crippen LogP contribution is -2.26. The molecule has 166 valence electrons. The highest BCUT2D eigenvalue weighted by Crippen LogP contribution is 2.28. The van der Waals surface area contributed by atoms with Crippen LogP contribution in [-0.2, 0) is 16.0 Å². The number of hydrogen-bond acceptors (Lipinski definition) is 7. The van der Waals surface area contributed by atoms with Crippen molar-refractivity contribution in [1.29, 1.82) is 5.26 Å². The van der Waals surface area contributed by atoms with Gasteiger partial charge in [0, 0.05) is 31.6 Å². The molecule has 0 atom stereocenters. The van der Waals surface area contributed by atoms with Crippen LogP contribution in [0.4, 0.5) is 5.82 Å². The molecular weight excluding hydrogens is 430 g/mol. The van der Waals surface area contributed by atoms with Gasteiger partial charge in [-0.1, -0.05) is 23.7 Å². The quantitative estimate of drug-likeness (QED) is 0.668. The maximum Gasteiger partial charge on any atom is 0.230 e. The van der Waals surface area contributed by atoms with E-state index in [4.69, 9.17) is 26.3 Å². The lowest BCUT2D eigenvalue weighted by Gasteiger charge is -2.23. The standard InChI is InChI=1S/C23H24ClN5O3/c24-19-13-27-22(11-21(19)32-18-5-8-31-9-6-18)28-23(30)10-16-3-4-20(26-12-16)17-2-1-7-29(14-17)15-25/h2-4,11-13,18H,1,5-10,14H2,(H,27,28,30). The first-order valence-corrected chi connectivity index (χ1v) is 11.0. The van der Waals surface area contributed by atoms with E-state index in [2.05, 4.69) is 27.6 Å². The Labute approximate surface area is 191 Å². The molecule has 0 radical (unpaired) electrons. The molecule has 0 saturated carbocycles. The Morgan fingerprint density at radius 3 is 2.91 bits per heavy atom. The van der Waals surface area contributed by atoms with Crippen LogP contribution in [-0.4, -0.2) is 53.2 Å². The fraction of sp³-hybridized carbons (Fsp3) is 0.391. The Bertz CT molecular complexity index is 1030. The van der Waals surface area contributed by atoms with Crippen molar-refractivity contribution in [3.8, 4) is 11.9 Å². The average Bonchev–Trinajstić information content (AvgIpc) is 2.82. The summed E-state index contributed by atoms with van der Waals surface area (Å²) < 4.78 is 11.3. The summed E-state index contributed by atoms with van der Waals surface area (Å²) in [4.78, 5) is 22.9. The molecule has 4 heterocycles. The maximum atomic E-state index is 12.5. The van der Waals surface area contributed by atoms with Crippen molar-refractivity contribution in [2.45, 2.75) is 31.8 Å². The molecule has 0 spiro atoms. The van der Waals surface area contributed by atoms with E-state index in [9.17, 15) is 4.79 Å². The molecule has 1 amide bonds. The minimum Gasteiger partial charge on any atom is -0.488 e. The van der Waals surface area contributed by atoms with Crippen molar-refractivity contribution in [1.82, 2.24) is 14.9 Å². The summed E-state index contributed by atoms with van der Waals surface area (Å²) >= 11 is 6.21. The first-order chi connectivity index (χ1) is 15.6. The number of nitriles is 1. The largest absolute Gasteiger partial charge is 0.488 e. The first kappa shape index (κ1) is 22.1. The predicted molar refractivity (Wildman–Crippen MR) is 120 cm³/mol. The molecule has 2 aliphatic rings. The highest BCUT2D eigenvalue weighted by molar-refractivity contribution is 6.32. The molecule has 9 heteroatoms. The van der Waals surface area contributed by atoms with E-state index in [-0.39, 0.29) is 18.4 Å². The lowest BCUT2D eigenvalue weighted by molar-refractivity contribution is -0.115. The zero-order valence-electron chi connectivity index (χ0n) is 17.6. The maximum absolute atomic E-state index is 12.5. The number of ether oxygens (including phenoxy) is 2. The smallest absolute Gasteiger partial charge is 0.230 e. The molecule has 32 heavy (non-hydrogen) atoms. The summed E-state index contributed by atoms with van der Waals surface area (Å²) in [5.74, 6) is 0.677. The van der Waals surface area contributed by atoms with Crippen LogP contribution in [0.3, 0.4) is 0 Å². The van der Waals surface area contributed by atoms with E-state index in [1.54, 1.807) is 17.2 Å². The number of carbonyl (C=O) groups excluding carboxylic acids is 1. The van der Waals surface area contributed by atoms with E-state index in [1.165, 1.54) is 6.20 Å². The molecule has 0 aromatic carbocycles. The van der Waals surface area contributed by atoms with Crippen LogP contribution < -0.4 is 10.1 Å². The first-order valence-electron chi connectivity index (χ1n) is 10.6. The van der Waals surface area contributed by atoms with Crippen LogP contribution in [0.25, 0.3) is 5.57 Å². The fourth-order valence-electron chi connectivity index (χ4n) is 3.66. The average molecular weight is 454 g/mol. The fourth-order valence-corrected chi connectivity index (χ4v) is 3.81. The molecule has 1 fully saturated rings. The number of rotatable bonds is 6. The van der Waals surface area contributed by atoms with Gasteiger partial charge in [0.1, 0.15) is 22.7 Å². The Hall–Kier alpha value is -3.15. The highest BCUT2D eigenvalue weighted by atomic mass is 35.5. The van der Waals surface area contributed by atoms with Crippen LogP contribution >= 0.6 is 11.6 Å². The van der Waals surface area contributed by atoms with Gasteiger partial charge in [-0.05, 0) is 23.6 Å². The zero-order valence-corrected chi connectivity index (χ0v) is 18.3. The number of nitrogens with zero attached hydrogens (tertiary/aromatic N) is 4. The minimum absolute atomic E-state index is 0.0382. The van der Waals surface area contributed by atoms with Gasteiger partial charge < -0.3 is 19.7 Å². The van der Waals surface area contributed by atoms with E-state index < -0.39 is 0 Å².